The van der Waals surface area contributed by atoms with Crippen molar-refractivity contribution in [2.75, 3.05) is 66.8 Å². The average Bonchev–Trinajstić information content (AvgIpc) is 2.35. The summed E-state index contributed by atoms with van der Waals surface area (Å²) < 4.78 is 15.6. The SMILES string of the molecule is COCCOCCOCCNCCN(C)C(C)C. The van der Waals surface area contributed by atoms with Gasteiger partial charge in [0, 0.05) is 32.8 Å². The van der Waals surface area contributed by atoms with Crippen molar-refractivity contribution in [2.45, 2.75) is 19.9 Å². The molecular weight excluding hydrogens is 232 g/mol. The lowest BCUT2D eigenvalue weighted by atomic mass is 10.3. The molecule has 0 spiro atoms. The van der Waals surface area contributed by atoms with Crippen LogP contribution in [-0.4, -0.2) is 77.8 Å². The molecule has 0 aliphatic carbocycles. The van der Waals surface area contributed by atoms with E-state index in [0.717, 1.165) is 26.2 Å². The number of nitrogens with zero attached hydrogens (tertiary/aromatic N) is 1. The first-order valence-corrected chi connectivity index (χ1v) is 6.74. The van der Waals surface area contributed by atoms with Crippen LogP contribution in [-0.2, 0) is 14.2 Å². The number of likely N-dealkylation sites (N-methyl/N-ethyl adjacent to an activating group) is 1. The highest BCUT2D eigenvalue weighted by Crippen LogP contribution is 1.90. The number of hydrogen-bond acceptors (Lipinski definition) is 5. The van der Waals surface area contributed by atoms with Crippen LogP contribution < -0.4 is 5.32 Å². The quantitative estimate of drug-likeness (QED) is 0.492. The number of methoxy groups -OCH3 is 1. The number of nitrogens with one attached hydrogen (secondary N) is 1. The molecule has 0 aromatic rings. The molecule has 0 atom stereocenters. The molecule has 18 heavy (non-hydrogen) atoms. The Morgan fingerprint density at radius 3 is 2.17 bits per heavy atom. The summed E-state index contributed by atoms with van der Waals surface area (Å²) in [5.41, 5.74) is 0. The predicted octanol–water partition coefficient (Wildman–Crippen LogP) is 0.596. The van der Waals surface area contributed by atoms with E-state index in [2.05, 4.69) is 31.1 Å². The molecule has 1 N–H and O–H groups in total. The zero-order valence-electron chi connectivity index (χ0n) is 12.4. The summed E-state index contributed by atoms with van der Waals surface area (Å²) in [4.78, 5) is 2.32. The topological polar surface area (TPSA) is 43.0 Å². The van der Waals surface area contributed by atoms with Gasteiger partial charge >= 0.3 is 0 Å². The molecule has 0 radical (unpaired) electrons. The van der Waals surface area contributed by atoms with Gasteiger partial charge in [-0.2, -0.15) is 0 Å². The minimum absolute atomic E-state index is 0.604. The Labute approximate surface area is 112 Å². The monoisotopic (exact) mass is 262 g/mol. The molecule has 5 nitrogen and oxygen atoms in total. The molecule has 0 bridgehead atoms. The van der Waals surface area contributed by atoms with Gasteiger partial charge in [-0.15, -0.1) is 0 Å². The maximum absolute atomic E-state index is 5.43. The first kappa shape index (κ1) is 17.8. The Kier molecular flexibility index (Phi) is 13.1. The van der Waals surface area contributed by atoms with E-state index in [9.17, 15) is 0 Å². The Bertz CT molecular complexity index is 168. The van der Waals surface area contributed by atoms with E-state index in [1.807, 2.05) is 0 Å². The smallest absolute Gasteiger partial charge is 0.0701 e. The van der Waals surface area contributed by atoms with Crippen molar-refractivity contribution < 1.29 is 14.2 Å². The molecule has 0 aliphatic heterocycles. The predicted molar refractivity (Wildman–Crippen MR) is 74.1 cm³/mol. The second-order valence-electron chi connectivity index (χ2n) is 4.54. The van der Waals surface area contributed by atoms with E-state index >= 15 is 0 Å². The first-order chi connectivity index (χ1) is 8.68. The minimum Gasteiger partial charge on any atom is -0.382 e. The summed E-state index contributed by atoms with van der Waals surface area (Å²) in [5.74, 6) is 0. The standard InChI is InChI=1S/C13H30N2O3/c1-13(2)15(3)7-5-14-6-8-17-11-12-18-10-9-16-4/h13-14H,5-12H2,1-4H3. The maximum atomic E-state index is 5.43. The molecule has 0 aliphatic rings. The molecule has 0 amide bonds. The van der Waals surface area contributed by atoms with E-state index in [4.69, 9.17) is 14.2 Å². The van der Waals surface area contributed by atoms with Gasteiger partial charge < -0.3 is 24.4 Å². The zero-order chi connectivity index (χ0) is 13.6. The highest BCUT2D eigenvalue weighted by atomic mass is 16.5. The summed E-state index contributed by atoms with van der Waals surface area (Å²) in [6, 6.07) is 0.604. The van der Waals surface area contributed by atoms with E-state index < -0.39 is 0 Å². The van der Waals surface area contributed by atoms with E-state index in [-0.39, 0.29) is 0 Å². The lowest BCUT2D eigenvalue weighted by molar-refractivity contribution is 0.0255. The first-order valence-electron chi connectivity index (χ1n) is 6.74. The van der Waals surface area contributed by atoms with Crippen molar-refractivity contribution >= 4 is 0 Å². The normalized spacial score (nSPS) is 11.7. The molecule has 0 saturated carbocycles. The third-order valence-corrected chi connectivity index (χ3v) is 2.75. The van der Waals surface area contributed by atoms with E-state index in [1.54, 1.807) is 7.11 Å². The van der Waals surface area contributed by atoms with E-state index in [1.165, 1.54) is 0 Å². The van der Waals surface area contributed by atoms with Crippen LogP contribution in [0.5, 0.6) is 0 Å². The van der Waals surface area contributed by atoms with Crippen molar-refractivity contribution in [3.63, 3.8) is 0 Å². The molecule has 5 heteroatoms. The highest BCUT2D eigenvalue weighted by Gasteiger charge is 2.00. The van der Waals surface area contributed by atoms with Gasteiger partial charge in [-0.05, 0) is 20.9 Å². The lowest BCUT2D eigenvalue weighted by Gasteiger charge is -2.20. The number of rotatable bonds is 13. The maximum Gasteiger partial charge on any atom is 0.0701 e. The fourth-order valence-corrected chi connectivity index (χ4v) is 1.25. The van der Waals surface area contributed by atoms with Gasteiger partial charge in [0.25, 0.3) is 0 Å². The molecule has 0 aromatic carbocycles. The van der Waals surface area contributed by atoms with Crippen LogP contribution in [0.3, 0.4) is 0 Å². The van der Waals surface area contributed by atoms with Gasteiger partial charge in [-0.3, -0.25) is 0 Å². The second kappa shape index (κ2) is 13.2. The van der Waals surface area contributed by atoms with Crippen LogP contribution >= 0.6 is 0 Å². The molecule has 0 rings (SSSR count). The summed E-state index contributed by atoms with van der Waals surface area (Å²) in [6.45, 7) is 10.7. The van der Waals surface area contributed by atoms with E-state index in [0.29, 0.717) is 32.5 Å². The summed E-state index contributed by atoms with van der Waals surface area (Å²) in [5, 5.41) is 3.35. The van der Waals surface area contributed by atoms with Crippen molar-refractivity contribution in [2.24, 2.45) is 0 Å². The fraction of sp³-hybridized carbons (Fsp3) is 1.00. The molecule has 110 valence electrons. The highest BCUT2D eigenvalue weighted by molar-refractivity contribution is 4.58. The minimum atomic E-state index is 0.604. The molecule has 0 unspecified atom stereocenters. The van der Waals surface area contributed by atoms with Gasteiger partial charge in [0.15, 0.2) is 0 Å². The van der Waals surface area contributed by atoms with Crippen LogP contribution in [0.25, 0.3) is 0 Å². The third kappa shape index (κ3) is 12.3. The Morgan fingerprint density at radius 2 is 1.56 bits per heavy atom. The van der Waals surface area contributed by atoms with Gasteiger partial charge in [-0.1, -0.05) is 0 Å². The van der Waals surface area contributed by atoms with Crippen molar-refractivity contribution in [1.29, 1.82) is 0 Å². The lowest BCUT2D eigenvalue weighted by Crippen LogP contribution is -2.34. The number of ether oxygens (including phenoxy) is 3. The van der Waals surface area contributed by atoms with Gasteiger partial charge in [0.1, 0.15) is 0 Å². The number of hydrogen-bond donors (Lipinski definition) is 1. The van der Waals surface area contributed by atoms with Gasteiger partial charge in [0.05, 0.1) is 33.0 Å². The largest absolute Gasteiger partial charge is 0.382 e. The molecule has 0 fully saturated rings. The van der Waals surface area contributed by atoms with Gasteiger partial charge in [-0.25, -0.2) is 0 Å². The molecule has 0 heterocycles. The second-order valence-corrected chi connectivity index (χ2v) is 4.54. The van der Waals surface area contributed by atoms with Gasteiger partial charge in [0.2, 0.25) is 0 Å². The molecule has 0 saturated heterocycles. The summed E-state index contributed by atoms with van der Waals surface area (Å²) in [7, 11) is 3.81. The third-order valence-electron chi connectivity index (χ3n) is 2.75. The average molecular weight is 262 g/mol. The zero-order valence-corrected chi connectivity index (χ0v) is 12.4. The van der Waals surface area contributed by atoms with Crippen LogP contribution in [0, 0.1) is 0 Å². The van der Waals surface area contributed by atoms with Crippen molar-refractivity contribution in [3.05, 3.63) is 0 Å². The molecule has 0 aromatic heterocycles. The Balaban J connectivity index is 3.03. The van der Waals surface area contributed by atoms with Crippen LogP contribution in [0.15, 0.2) is 0 Å². The molecular formula is C13H30N2O3. The van der Waals surface area contributed by atoms with Crippen LogP contribution in [0.1, 0.15) is 13.8 Å². The Morgan fingerprint density at radius 1 is 0.944 bits per heavy atom. The van der Waals surface area contributed by atoms with Crippen molar-refractivity contribution in [3.8, 4) is 0 Å². The van der Waals surface area contributed by atoms with Crippen LogP contribution in [0.4, 0.5) is 0 Å². The summed E-state index contributed by atoms with van der Waals surface area (Å²) >= 11 is 0. The summed E-state index contributed by atoms with van der Waals surface area (Å²) in [6.07, 6.45) is 0. The fourth-order valence-electron chi connectivity index (χ4n) is 1.25. The Hall–Kier alpha value is -0.200. The van der Waals surface area contributed by atoms with Crippen molar-refractivity contribution in [1.82, 2.24) is 10.2 Å². The van der Waals surface area contributed by atoms with Crippen LogP contribution in [0.2, 0.25) is 0 Å².